The highest BCUT2D eigenvalue weighted by atomic mass is 16.2. The van der Waals surface area contributed by atoms with Crippen molar-refractivity contribution in [2.24, 2.45) is 11.7 Å². The van der Waals surface area contributed by atoms with Crippen molar-refractivity contribution >= 4 is 11.8 Å². The summed E-state index contributed by atoms with van der Waals surface area (Å²) < 4.78 is 0. The number of nitrogens with two attached hydrogens (primary N) is 1. The lowest BCUT2D eigenvalue weighted by Crippen LogP contribution is -2.47. The van der Waals surface area contributed by atoms with Crippen molar-refractivity contribution in [1.29, 1.82) is 0 Å². The fraction of sp³-hybridized carbons (Fsp3) is 0.800. The highest BCUT2D eigenvalue weighted by Crippen LogP contribution is 2.18. The van der Waals surface area contributed by atoms with Gasteiger partial charge in [0.25, 0.3) is 0 Å². The van der Waals surface area contributed by atoms with Gasteiger partial charge >= 0.3 is 0 Å². The molecule has 0 aromatic carbocycles. The first-order chi connectivity index (χ1) is 7.00. The molecule has 1 saturated carbocycles. The van der Waals surface area contributed by atoms with Crippen molar-refractivity contribution in [2.75, 3.05) is 6.54 Å². The maximum atomic E-state index is 11.4. The molecule has 0 aromatic rings. The van der Waals surface area contributed by atoms with E-state index < -0.39 is 6.04 Å². The Labute approximate surface area is 89.8 Å². The van der Waals surface area contributed by atoms with Crippen molar-refractivity contribution in [3.63, 3.8) is 0 Å². The molecule has 0 bridgehead atoms. The average molecular weight is 213 g/mol. The van der Waals surface area contributed by atoms with E-state index in [1.807, 2.05) is 13.8 Å². The molecule has 86 valence electrons. The quantitative estimate of drug-likeness (QED) is 0.568. The summed E-state index contributed by atoms with van der Waals surface area (Å²) in [5.41, 5.74) is 5.62. The van der Waals surface area contributed by atoms with Gasteiger partial charge in [0.2, 0.25) is 11.8 Å². The Morgan fingerprint density at radius 3 is 2.47 bits per heavy atom. The normalized spacial score (nSPS) is 17.3. The van der Waals surface area contributed by atoms with E-state index in [4.69, 9.17) is 5.73 Å². The van der Waals surface area contributed by atoms with Crippen LogP contribution in [0, 0.1) is 5.92 Å². The predicted octanol–water partition coefficient (Wildman–Crippen LogP) is -0.635. The van der Waals surface area contributed by atoms with Gasteiger partial charge < -0.3 is 16.4 Å². The summed E-state index contributed by atoms with van der Waals surface area (Å²) in [6, 6.07) is -0.216. The molecule has 0 saturated heterocycles. The summed E-state index contributed by atoms with van der Waals surface area (Å²) in [6.07, 6.45) is 2.09. The van der Waals surface area contributed by atoms with E-state index in [1.165, 1.54) is 0 Å². The third kappa shape index (κ3) is 4.29. The molecular weight excluding hydrogens is 194 g/mol. The Hall–Kier alpha value is -1.10. The van der Waals surface area contributed by atoms with Crippen LogP contribution in [0.5, 0.6) is 0 Å². The predicted molar refractivity (Wildman–Crippen MR) is 57.0 cm³/mol. The number of carbonyl (C=O) groups is 2. The van der Waals surface area contributed by atoms with Gasteiger partial charge in [0, 0.05) is 6.04 Å². The van der Waals surface area contributed by atoms with Crippen LogP contribution < -0.4 is 16.4 Å². The summed E-state index contributed by atoms with van der Waals surface area (Å²) in [7, 11) is 0. The van der Waals surface area contributed by atoms with Gasteiger partial charge in [-0.1, -0.05) is 13.8 Å². The molecular formula is C10H19N3O2. The van der Waals surface area contributed by atoms with Crippen LogP contribution in [0.3, 0.4) is 0 Å². The molecule has 1 aliphatic carbocycles. The molecule has 0 aromatic heterocycles. The zero-order chi connectivity index (χ0) is 11.4. The Balaban J connectivity index is 2.17. The maximum absolute atomic E-state index is 11.4. The molecule has 0 aliphatic heterocycles. The number of hydrogen-bond donors (Lipinski definition) is 3. The lowest BCUT2D eigenvalue weighted by atomic mass is 10.1. The van der Waals surface area contributed by atoms with Crippen molar-refractivity contribution in [3.05, 3.63) is 0 Å². The minimum absolute atomic E-state index is 0.0236. The third-order valence-corrected chi connectivity index (χ3v) is 2.39. The van der Waals surface area contributed by atoms with E-state index in [9.17, 15) is 9.59 Å². The lowest BCUT2D eigenvalue weighted by Gasteiger charge is -2.14. The van der Waals surface area contributed by atoms with Crippen LogP contribution in [0.25, 0.3) is 0 Å². The van der Waals surface area contributed by atoms with Gasteiger partial charge in [0.05, 0.1) is 12.6 Å². The number of amides is 2. The minimum Gasteiger partial charge on any atom is -0.352 e. The molecule has 1 aliphatic rings. The van der Waals surface area contributed by atoms with E-state index in [0.29, 0.717) is 6.04 Å². The van der Waals surface area contributed by atoms with Crippen LogP contribution >= 0.6 is 0 Å². The van der Waals surface area contributed by atoms with Crippen LogP contribution in [0.1, 0.15) is 26.7 Å². The second-order valence-electron chi connectivity index (χ2n) is 4.33. The molecule has 0 heterocycles. The zero-order valence-corrected chi connectivity index (χ0v) is 9.25. The number of hydrogen-bond acceptors (Lipinski definition) is 3. The van der Waals surface area contributed by atoms with Gasteiger partial charge in [0.1, 0.15) is 0 Å². The Morgan fingerprint density at radius 1 is 1.40 bits per heavy atom. The number of rotatable bonds is 5. The molecule has 15 heavy (non-hydrogen) atoms. The molecule has 1 atom stereocenters. The Kier molecular flexibility index (Phi) is 4.08. The zero-order valence-electron chi connectivity index (χ0n) is 9.25. The highest BCUT2D eigenvalue weighted by molar-refractivity contribution is 5.87. The first-order valence-corrected chi connectivity index (χ1v) is 5.33. The molecule has 0 radical (unpaired) electrons. The minimum atomic E-state index is -0.543. The van der Waals surface area contributed by atoms with Crippen LogP contribution in [-0.2, 0) is 9.59 Å². The molecule has 5 heteroatoms. The highest BCUT2D eigenvalue weighted by Gasteiger charge is 2.23. The summed E-state index contributed by atoms with van der Waals surface area (Å²) >= 11 is 0. The van der Waals surface area contributed by atoms with Crippen molar-refractivity contribution in [3.8, 4) is 0 Å². The molecule has 5 nitrogen and oxygen atoms in total. The van der Waals surface area contributed by atoms with E-state index in [2.05, 4.69) is 10.6 Å². The summed E-state index contributed by atoms with van der Waals surface area (Å²) in [5, 5.41) is 5.30. The van der Waals surface area contributed by atoms with E-state index in [0.717, 1.165) is 12.8 Å². The van der Waals surface area contributed by atoms with Gasteiger partial charge in [-0.05, 0) is 18.8 Å². The molecule has 1 rings (SSSR count). The van der Waals surface area contributed by atoms with Crippen LogP contribution in [0.2, 0.25) is 0 Å². The fourth-order valence-electron chi connectivity index (χ4n) is 1.09. The molecule has 0 unspecified atom stereocenters. The SMILES string of the molecule is CC(C)[C@H](N)C(=O)NCC(=O)NC1CC1. The summed E-state index contributed by atoms with van der Waals surface area (Å²) in [4.78, 5) is 22.6. The monoisotopic (exact) mass is 213 g/mol. The van der Waals surface area contributed by atoms with Gasteiger partial charge in [-0.3, -0.25) is 9.59 Å². The van der Waals surface area contributed by atoms with Crippen LogP contribution in [-0.4, -0.2) is 30.4 Å². The second-order valence-corrected chi connectivity index (χ2v) is 4.33. The van der Waals surface area contributed by atoms with E-state index >= 15 is 0 Å². The summed E-state index contributed by atoms with van der Waals surface area (Å²) in [5.74, 6) is -0.325. The van der Waals surface area contributed by atoms with Crippen molar-refractivity contribution in [2.45, 2.75) is 38.8 Å². The molecule has 4 N–H and O–H groups in total. The van der Waals surface area contributed by atoms with Crippen LogP contribution in [0.15, 0.2) is 0 Å². The fourth-order valence-corrected chi connectivity index (χ4v) is 1.09. The Morgan fingerprint density at radius 2 is 2.00 bits per heavy atom. The van der Waals surface area contributed by atoms with Gasteiger partial charge in [-0.2, -0.15) is 0 Å². The third-order valence-electron chi connectivity index (χ3n) is 2.39. The standard InChI is InChI=1S/C10H19N3O2/c1-6(2)9(11)10(15)12-5-8(14)13-7-3-4-7/h6-7,9H,3-5,11H2,1-2H3,(H,12,15)(H,13,14)/t9-/m0/s1. The smallest absolute Gasteiger partial charge is 0.239 e. The molecule has 1 fully saturated rings. The van der Waals surface area contributed by atoms with Crippen molar-refractivity contribution < 1.29 is 9.59 Å². The summed E-state index contributed by atoms with van der Waals surface area (Å²) in [6.45, 7) is 3.76. The van der Waals surface area contributed by atoms with Gasteiger partial charge in [0.15, 0.2) is 0 Å². The largest absolute Gasteiger partial charge is 0.352 e. The van der Waals surface area contributed by atoms with Crippen LogP contribution in [0.4, 0.5) is 0 Å². The second kappa shape index (κ2) is 5.11. The lowest BCUT2D eigenvalue weighted by molar-refractivity contribution is -0.127. The average Bonchev–Trinajstić information content (AvgIpc) is 2.96. The van der Waals surface area contributed by atoms with Gasteiger partial charge in [-0.25, -0.2) is 0 Å². The maximum Gasteiger partial charge on any atom is 0.239 e. The molecule has 2 amide bonds. The van der Waals surface area contributed by atoms with E-state index in [1.54, 1.807) is 0 Å². The Bertz CT molecular complexity index is 249. The van der Waals surface area contributed by atoms with Crippen molar-refractivity contribution in [1.82, 2.24) is 10.6 Å². The number of carbonyl (C=O) groups excluding carboxylic acids is 2. The first kappa shape index (κ1) is 12.0. The van der Waals surface area contributed by atoms with Gasteiger partial charge in [-0.15, -0.1) is 0 Å². The molecule has 0 spiro atoms. The first-order valence-electron chi connectivity index (χ1n) is 5.33. The topological polar surface area (TPSA) is 84.2 Å². The number of nitrogens with one attached hydrogen (secondary N) is 2. The van der Waals surface area contributed by atoms with E-state index in [-0.39, 0.29) is 24.3 Å².